The zero-order valence-electron chi connectivity index (χ0n) is 11.7. The Morgan fingerprint density at radius 2 is 1.82 bits per heavy atom. The molecule has 118 valence electrons. The van der Waals surface area contributed by atoms with Crippen LogP contribution in [0.4, 0.5) is 17.1 Å². The molecule has 22 heavy (non-hydrogen) atoms. The molecule has 1 fully saturated rings. The van der Waals surface area contributed by atoms with Crippen molar-refractivity contribution in [1.29, 1.82) is 0 Å². The zero-order valence-corrected chi connectivity index (χ0v) is 11.7. The van der Waals surface area contributed by atoms with Crippen LogP contribution in [-0.4, -0.2) is 41.5 Å². The Morgan fingerprint density at radius 1 is 1.27 bits per heavy atom. The number of rotatable bonds is 4. The fraction of sp³-hybridized carbons (Fsp3) is 0.417. The molecular formula is C12H14N4O6. The van der Waals surface area contributed by atoms with Crippen LogP contribution < -0.4 is 15.3 Å². The molecule has 1 heterocycles. The van der Waals surface area contributed by atoms with Crippen molar-refractivity contribution in [1.82, 2.24) is 0 Å². The lowest BCUT2D eigenvalue weighted by molar-refractivity contribution is -0.687. The largest absolute Gasteiger partial charge is 0.545 e. The first-order valence-electron chi connectivity index (χ1n) is 6.57. The molecule has 1 saturated heterocycles. The van der Waals surface area contributed by atoms with Crippen LogP contribution >= 0.6 is 0 Å². The van der Waals surface area contributed by atoms with Crippen molar-refractivity contribution in [3.8, 4) is 0 Å². The van der Waals surface area contributed by atoms with Gasteiger partial charge in [0.2, 0.25) is 0 Å². The minimum Gasteiger partial charge on any atom is -0.545 e. The first-order valence-corrected chi connectivity index (χ1v) is 6.57. The second-order valence-electron chi connectivity index (χ2n) is 5.11. The molecule has 0 radical (unpaired) electrons. The minimum atomic E-state index is -1.70. The third-order valence-electron chi connectivity index (χ3n) is 3.49. The number of carboxylic acid groups (broad SMARTS) is 1. The maximum atomic E-state index is 11.2. The molecule has 1 aliphatic rings. The van der Waals surface area contributed by atoms with Gasteiger partial charge in [0, 0.05) is 17.7 Å². The summed E-state index contributed by atoms with van der Waals surface area (Å²) >= 11 is 0. The van der Waals surface area contributed by atoms with E-state index in [9.17, 15) is 30.1 Å². The highest BCUT2D eigenvalue weighted by Gasteiger charge is 2.34. The number of carbonyl (C=O) groups excluding carboxylic acids is 1. The molecule has 1 aromatic carbocycles. The molecule has 0 bridgehead atoms. The molecule has 0 saturated carbocycles. The molecule has 0 spiro atoms. The van der Waals surface area contributed by atoms with E-state index >= 15 is 0 Å². The second kappa shape index (κ2) is 5.93. The number of nitrogens with zero attached hydrogens (tertiary/aromatic N) is 3. The average molecular weight is 310 g/mol. The highest BCUT2D eigenvalue weighted by Crippen LogP contribution is 2.38. The Balaban J connectivity index is 2.65. The molecule has 10 nitrogen and oxygen atoms in total. The topological polar surface area (TPSA) is 146 Å². The van der Waals surface area contributed by atoms with Crippen LogP contribution in [0.3, 0.4) is 0 Å². The molecule has 0 unspecified atom stereocenters. The van der Waals surface area contributed by atoms with Crippen molar-refractivity contribution in [2.45, 2.75) is 13.0 Å². The summed E-state index contributed by atoms with van der Waals surface area (Å²) in [7, 11) is 0. The van der Waals surface area contributed by atoms with Crippen molar-refractivity contribution in [3.05, 3.63) is 37.9 Å². The van der Waals surface area contributed by atoms with Gasteiger partial charge in [0.05, 0.1) is 35.5 Å². The van der Waals surface area contributed by atoms with Gasteiger partial charge in [-0.1, -0.05) is 0 Å². The van der Waals surface area contributed by atoms with Gasteiger partial charge in [-0.15, -0.1) is 0 Å². The van der Waals surface area contributed by atoms with Gasteiger partial charge in [-0.05, 0) is 6.92 Å². The van der Waals surface area contributed by atoms with Gasteiger partial charge in [0.15, 0.2) is 5.69 Å². The number of hydrogen-bond donors (Lipinski definition) is 1. The third-order valence-corrected chi connectivity index (χ3v) is 3.49. The van der Waals surface area contributed by atoms with E-state index in [1.54, 1.807) is 4.90 Å². The zero-order chi connectivity index (χ0) is 16.4. The Labute approximate surface area is 124 Å². The number of carboxylic acids is 1. The number of aromatic carboxylic acids is 1. The SMILES string of the molecule is C[C@@H]1CN(c2c([N+](=O)[O-])cc(C(=O)[O-])cc2[N+](=O)[O-])CC[NH2+]1. The lowest BCUT2D eigenvalue weighted by Gasteiger charge is -2.30. The average Bonchev–Trinajstić information content (AvgIpc) is 2.45. The van der Waals surface area contributed by atoms with Crippen LogP contribution in [-0.2, 0) is 0 Å². The Hall–Kier alpha value is -2.75. The molecule has 1 atom stereocenters. The molecule has 0 aromatic heterocycles. The smallest absolute Gasteiger partial charge is 0.300 e. The van der Waals surface area contributed by atoms with Gasteiger partial charge in [0.25, 0.3) is 11.4 Å². The molecular weight excluding hydrogens is 296 g/mol. The van der Waals surface area contributed by atoms with Crippen molar-refractivity contribution in [2.75, 3.05) is 24.5 Å². The highest BCUT2D eigenvalue weighted by molar-refractivity contribution is 5.91. The van der Waals surface area contributed by atoms with Crippen LogP contribution in [0.1, 0.15) is 17.3 Å². The quantitative estimate of drug-likeness (QED) is 0.533. The Bertz CT molecular complexity index is 611. The van der Waals surface area contributed by atoms with Gasteiger partial charge in [-0.3, -0.25) is 20.2 Å². The summed E-state index contributed by atoms with van der Waals surface area (Å²) in [5.41, 5.74) is -1.93. The van der Waals surface area contributed by atoms with E-state index in [2.05, 4.69) is 0 Å². The number of nitrogens with two attached hydrogens (primary N) is 1. The van der Waals surface area contributed by atoms with E-state index in [0.29, 0.717) is 19.6 Å². The lowest BCUT2D eigenvalue weighted by atomic mass is 10.1. The van der Waals surface area contributed by atoms with Gasteiger partial charge < -0.3 is 20.1 Å². The molecule has 0 amide bonds. The summed E-state index contributed by atoms with van der Waals surface area (Å²) in [5, 5.41) is 35.4. The maximum absolute atomic E-state index is 11.2. The highest BCUT2D eigenvalue weighted by atomic mass is 16.6. The predicted molar refractivity (Wildman–Crippen MR) is 72.5 cm³/mol. The summed E-state index contributed by atoms with van der Waals surface area (Å²) in [6, 6.07) is 1.73. The molecule has 1 aromatic rings. The van der Waals surface area contributed by atoms with Gasteiger partial charge in [-0.2, -0.15) is 0 Å². The number of carbonyl (C=O) groups is 1. The van der Waals surface area contributed by atoms with E-state index in [1.807, 2.05) is 12.2 Å². The van der Waals surface area contributed by atoms with Crippen LogP contribution in [0.25, 0.3) is 0 Å². The summed E-state index contributed by atoms with van der Waals surface area (Å²) < 4.78 is 0. The monoisotopic (exact) mass is 310 g/mol. The summed E-state index contributed by atoms with van der Waals surface area (Å²) in [5.74, 6) is -1.70. The van der Waals surface area contributed by atoms with Crippen LogP contribution in [0.2, 0.25) is 0 Å². The number of hydrogen-bond acceptors (Lipinski definition) is 7. The van der Waals surface area contributed by atoms with Crippen LogP contribution in [0.15, 0.2) is 12.1 Å². The minimum absolute atomic E-state index is 0.119. The van der Waals surface area contributed by atoms with Crippen molar-refractivity contribution in [2.24, 2.45) is 0 Å². The Morgan fingerprint density at radius 3 is 2.23 bits per heavy atom. The van der Waals surface area contributed by atoms with E-state index < -0.39 is 32.8 Å². The number of nitro benzene ring substituents is 2. The number of nitro groups is 2. The predicted octanol–water partition coefficient (Wildman–Crippen LogP) is -1.36. The molecule has 0 aliphatic carbocycles. The second-order valence-corrected chi connectivity index (χ2v) is 5.11. The lowest BCUT2D eigenvalue weighted by Crippen LogP contribution is -2.94. The van der Waals surface area contributed by atoms with E-state index in [1.165, 1.54) is 0 Å². The molecule has 2 rings (SSSR count). The maximum Gasteiger partial charge on any atom is 0.300 e. The molecule has 2 N–H and O–H groups in total. The number of quaternary nitrogens is 1. The Kier molecular flexibility index (Phi) is 4.22. The number of anilines is 1. The van der Waals surface area contributed by atoms with Gasteiger partial charge >= 0.3 is 0 Å². The van der Waals surface area contributed by atoms with E-state index in [-0.39, 0.29) is 11.7 Å². The first kappa shape index (κ1) is 15.6. The summed E-state index contributed by atoms with van der Waals surface area (Å²) in [6.45, 7) is 3.33. The van der Waals surface area contributed by atoms with Crippen molar-refractivity contribution < 1.29 is 25.1 Å². The first-order chi connectivity index (χ1) is 10.3. The number of benzene rings is 1. The normalized spacial score (nSPS) is 18.0. The van der Waals surface area contributed by atoms with Crippen LogP contribution in [0.5, 0.6) is 0 Å². The fourth-order valence-electron chi connectivity index (χ4n) is 2.56. The fourth-order valence-corrected chi connectivity index (χ4v) is 2.56. The molecule has 10 heteroatoms. The van der Waals surface area contributed by atoms with Crippen molar-refractivity contribution >= 4 is 23.0 Å². The third kappa shape index (κ3) is 2.96. The van der Waals surface area contributed by atoms with E-state index in [0.717, 1.165) is 12.1 Å². The van der Waals surface area contributed by atoms with Crippen LogP contribution in [0, 0.1) is 20.2 Å². The summed E-state index contributed by atoms with van der Waals surface area (Å²) in [6.07, 6.45) is 0. The standard InChI is InChI=1S/C12H14N4O6/c1-7-6-14(3-2-13-7)11-9(15(19)20)4-8(12(17)18)5-10(11)16(21)22/h4-5,7,13H,2-3,6H2,1H3,(H,17,18)/t7-/m1/s1. The molecule has 1 aliphatic heterocycles. The number of piperazine rings is 1. The van der Waals surface area contributed by atoms with Crippen molar-refractivity contribution in [3.63, 3.8) is 0 Å². The van der Waals surface area contributed by atoms with Gasteiger partial charge in [0.1, 0.15) is 6.04 Å². The summed E-state index contributed by atoms with van der Waals surface area (Å²) in [4.78, 5) is 33.3. The van der Waals surface area contributed by atoms with E-state index in [4.69, 9.17) is 0 Å². The van der Waals surface area contributed by atoms with Gasteiger partial charge in [-0.25, -0.2) is 0 Å².